The molecule has 1 heterocycles. The van der Waals surface area contributed by atoms with E-state index in [9.17, 15) is 4.79 Å². The van der Waals surface area contributed by atoms with E-state index >= 15 is 0 Å². The van der Waals surface area contributed by atoms with Gasteiger partial charge in [0.15, 0.2) is 5.16 Å². The molecule has 0 aliphatic carbocycles. The molecule has 1 aromatic heterocycles. The fourth-order valence-corrected chi connectivity index (χ4v) is 3.26. The van der Waals surface area contributed by atoms with E-state index in [1.54, 1.807) is 30.6 Å². The summed E-state index contributed by atoms with van der Waals surface area (Å²) >= 11 is 1.33. The van der Waals surface area contributed by atoms with E-state index in [0.717, 1.165) is 11.3 Å². The molecule has 1 N–H and O–H groups in total. The zero-order valence-corrected chi connectivity index (χ0v) is 15.2. The lowest BCUT2D eigenvalue weighted by Gasteiger charge is -2.13. The summed E-state index contributed by atoms with van der Waals surface area (Å²) in [5.74, 6) is -0.163. The van der Waals surface area contributed by atoms with Crippen molar-refractivity contribution >= 4 is 23.4 Å². The lowest BCUT2D eigenvalue weighted by molar-refractivity contribution is -0.115. The maximum absolute atomic E-state index is 12.5. The summed E-state index contributed by atoms with van der Waals surface area (Å²) in [6.07, 6.45) is 1.64. The van der Waals surface area contributed by atoms with Crippen LogP contribution in [0.5, 0.6) is 0 Å². The van der Waals surface area contributed by atoms with E-state index in [2.05, 4.69) is 21.6 Å². The number of para-hydroxylation sites is 1. The largest absolute Gasteiger partial charge is 0.325 e. The highest BCUT2D eigenvalue weighted by molar-refractivity contribution is 8.00. The number of benzene rings is 2. The second-order valence-electron chi connectivity index (χ2n) is 5.71. The highest BCUT2D eigenvalue weighted by Gasteiger charge is 2.19. The molecule has 3 rings (SSSR count). The van der Waals surface area contributed by atoms with Crippen LogP contribution in [0.4, 0.5) is 5.69 Å². The minimum absolute atomic E-state index is 0.163. The number of nitriles is 1. The van der Waals surface area contributed by atoms with Crippen LogP contribution in [0, 0.1) is 18.3 Å². The quantitative estimate of drug-likeness (QED) is 0.701. The van der Waals surface area contributed by atoms with E-state index in [1.807, 2.05) is 42.7 Å². The number of carbonyl (C=O) groups is 1. The molecule has 6 nitrogen and oxygen atoms in total. The van der Waals surface area contributed by atoms with Crippen LogP contribution in [-0.4, -0.2) is 25.9 Å². The van der Waals surface area contributed by atoms with Gasteiger partial charge in [0.1, 0.15) is 6.33 Å². The molecular weight excluding hydrogens is 346 g/mol. The third-order valence-electron chi connectivity index (χ3n) is 3.80. The van der Waals surface area contributed by atoms with Crippen LogP contribution in [0.2, 0.25) is 0 Å². The van der Waals surface area contributed by atoms with Crippen LogP contribution in [-0.2, 0) is 4.79 Å². The average Bonchev–Trinajstić information content (AvgIpc) is 3.10. The van der Waals surface area contributed by atoms with Gasteiger partial charge < -0.3 is 5.32 Å². The Morgan fingerprint density at radius 3 is 2.85 bits per heavy atom. The SMILES string of the molecule is Cc1ccccc1-n1cnnc1S[C@@H](C)C(=O)Nc1cccc(C#N)c1. The van der Waals surface area contributed by atoms with E-state index in [-0.39, 0.29) is 11.2 Å². The Kier molecular flexibility index (Phi) is 5.34. The molecule has 1 atom stereocenters. The highest BCUT2D eigenvalue weighted by Crippen LogP contribution is 2.26. The van der Waals surface area contributed by atoms with Crippen LogP contribution in [0.1, 0.15) is 18.1 Å². The Bertz CT molecular complexity index is 976. The Morgan fingerprint density at radius 2 is 2.08 bits per heavy atom. The van der Waals surface area contributed by atoms with Crippen LogP contribution in [0.25, 0.3) is 5.69 Å². The lowest BCUT2D eigenvalue weighted by Crippen LogP contribution is -2.22. The Labute approximate surface area is 155 Å². The molecule has 2 aromatic carbocycles. The number of carbonyl (C=O) groups excluding carboxylic acids is 1. The molecule has 0 saturated carbocycles. The standard InChI is InChI=1S/C19H17N5OS/c1-13-6-3-4-9-17(13)24-12-21-23-19(24)26-14(2)18(25)22-16-8-5-7-15(10-16)11-20/h3-10,12,14H,1-2H3,(H,22,25)/t14-/m0/s1. The fourth-order valence-electron chi connectivity index (χ4n) is 2.43. The van der Waals surface area contributed by atoms with Gasteiger partial charge in [-0.15, -0.1) is 10.2 Å². The van der Waals surface area contributed by atoms with Gasteiger partial charge in [-0.3, -0.25) is 9.36 Å². The minimum Gasteiger partial charge on any atom is -0.325 e. The molecule has 0 saturated heterocycles. The van der Waals surface area contributed by atoms with Crippen LogP contribution >= 0.6 is 11.8 Å². The summed E-state index contributed by atoms with van der Waals surface area (Å²) in [4.78, 5) is 12.5. The first kappa shape index (κ1) is 17.7. The van der Waals surface area contributed by atoms with Gasteiger partial charge in [0.2, 0.25) is 5.91 Å². The first-order valence-corrected chi connectivity index (χ1v) is 8.90. The normalized spacial score (nSPS) is 11.6. The molecule has 0 spiro atoms. The monoisotopic (exact) mass is 363 g/mol. The maximum Gasteiger partial charge on any atom is 0.237 e. The van der Waals surface area contributed by atoms with Crippen molar-refractivity contribution in [3.05, 3.63) is 66.0 Å². The summed E-state index contributed by atoms with van der Waals surface area (Å²) in [6, 6.07) is 16.8. The third-order valence-corrected chi connectivity index (χ3v) is 4.86. The molecule has 0 radical (unpaired) electrons. The van der Waals surface area contributed by atoms with Crippen molar-refractivity contribution in [1.29, 1.82) is 5.26 Å². The molecule has 0 aliphatic heterocycles. The molecule has 130 valence electrons. The van der Waals surface area contributed by atoms with Crippen molar-refractivity contribution in [2.24, 2.45) is 0 Å². The van der Waals surface area contributed by atoms with Gasteiger partial charge in [0.25, 0.3) is 0 Å². The number of aryl methyl sites for hydroxylation is 1. The number of hydrogen-bond donors (Lipinski definition) is 1. The number of hydrogen-bond acceptors (Lipinski definition) is 5. The van der Waals surface area contributed by atoms with Gasteiger partial charge in [0, 0.05) is 5.69 Å². The summed E-state index contributed by atoms with van der Waals surface area (Å²) in [6.45, 7) is 3.83. The highest BCUT2D eigenvalue weighted by atomic mass is 32.2. The lowest BCUT2D eigenvalue weighted by atomic mass is 10.2. The van der Waals surface area contributed by atoms with Gasteiger partial charge >= 0.3 is 0 Å². The van der Waals surface area contributed by atoms with Crippen molar-refractivity contribution in [3.63, 3.8) is 0 Å². The Morgan fingerprint density at radius 1 is 1.27 bits per heavy atom. The summed E-state index contributed by atoms with van der Waals surface area (Å²) in [5, 5.41) is 20.2. The number of anilines is 1. The molecule has 0 bridgehead atoms. The Balaban J connectivity index is 1.73. The topological polar surface area (TPSA) is 83.6 Å². The number of rotatable bonds is 5. The Hall–Kier alpha value is -3.11. The molecule has 0 aliphatic rings. The summed E-state index contributed by atoms with van der Waals surface area (Å²) in [7, 11) is 0. The molecule has 0 unspecified atom stereocenters. The van der Waals surface area contributed by atoms with Crippen LogP contribution < -0.4 is 5.32 Å². The predicted molar refractivity (Wildman–Crippen MR) is 101 cm³/mol. The van der Waals surface area contributed by atoms with Gasteiger partial charge in [0.05, 0.1) is 22.6 Å². The third kappa shape index (κ3) is 3.92. The molecule has 1 amide bonds. The first-order chi connectivity index (χ1) is 12.6. The van der Waals surface area contributed by atoms with Crippen LogP contribution in [0.3, 0.4) is 0 Å². The number of amides is 1. The van der Waals surface area contributed by atoms with E-state index in [0.29, 0.717) is 16.4 Å². The van der Waals surface area contributed by atoms with Crippen molar-refractivity contribution in [2.75, 3.05) is 5.32 Å². The van der Waals surface area contributed by atoms with Crippen molar-refractivity contribution in [2.45, 2.75) is 24.3 Å². The fraction of sp³-hybridized carbons (Fsp3) is 0.158. The zero-order chi connectivity index (χ0) is 18.5. The van der Waals surface area contributed by atoms with Gasteiger partial charge in [-0.1, -0.05) is 36.0 Å². The first-order valence-electron chi connectivity index (χ1n) is 8.02. The van der Waals surface area contributed by atoms with Crippen LogP contribution in [0.15, 0.2) is 60.0 Å². The van der Waals surface area contributed by atoms with Crippen molar-refractivity contribution in [1.82, 2.24) is 14.8 Å². The minimum atomic E-state index is -0.382. The number of aromatic nitrogens is 3. The van der Waals surface area contributed by atoms with Gasteiger partial charge in [-0.05, 0) is 43.7 Å². The second kappa shape index (κ2) is 7.85. The number of thioether (sulfide) groups is 1. The summed E-state index contributed by atoms with van der Waals surface area (Å²) < 4.78 is 1.88. The average molecular weight is 363 g/mol. The molecule has 26 heavy (non-hydrogen) atoms. The second-order valence-corrected chi connectivity index (χ2v) is 7.02. The zero-order valence-electron chi connectivity index (χ0n) is 14.4. The predicted octanol–water partition coefficient (Wildman–Crippen LogP) is 3.57. The number of nitrogens with zero attached hydrogens (tertiary/aromatic N) is 4. The molecule has 3 aromatic rings. The molecule has 0 fully saturated rings. The van der Waals surface area contributed by atoms with E-state index in [4.69, 9.17) is 5.26 Å². The van der Waals surface area contributed by atoms with Crippen molar-refractivity contribution in [3.8, 4) is 11.8 Å². The maximum atomic E-state index is 12.5. The smallest absolute Gasteiger partial charge is 0.237 e. The summed E-state index contributed by atoms with van der Waals surface area (Å²) in [5.41, 5.74) is 3.18. The van der Waals surface area contributed by atoms with E-state index < -0.39 is 0 Å². The van der Waals surface area contributed by atoms with Crippen molar-refractivity contribution < 1.29 is 4.79 Å². The molecule has 7 heteroatoms. The van der Waals surface area contributed by atoms with Gasteiger partial charge in [-0.2, -0.15) is 5.26 Å². The van der Waals surface area contributed by atoms with E-state index in [1.165, 1.54) is 11.8 Å². The number of nitrogens with one attached hydrogen (secondary N) is 1. The molecular formula is C19H17N5OS. The van der Waals surface area contributed by atoms with Gasteiger partial charge in [-0.25, -0.2) is 0 Å².